The SMILES string of the molecule is CCOC(=O)CSCCC[Si@@]1(C)C2=CC(=[N+](C)C)C=CC2=C(c2ccccc2C(=O)O)c2ccc(N(C)C)cc21. The van der Waals surface area contributed by atoms with Crippen molar-refractivity contribution in [2.24, 2.45) is 0 Å². The molecule has 6 nitrogen and oxygen atoms in total. The molecule has 1 aliphatic heterocycles. The van der Waals surface area contributed by atoms with Crippen LogP contribution in [0.5, 0.6) is 0 Å². The monoisotopic (exact) mass is 575 g/mol. The Balaban J connectivity index is 1.89. The van der Waals surface area contributed by atoms with Gasteiger partial charge in [0.1, 0.15) is 22.2 Å². The molecule has 0 bridgehead atoms. The van der Waals surface area contributed by atoms with Crippen molar-refractivity contribution >= 4 is 53.9 Å². The number of fused-ring (bicyclic) bond motifs is 2. The third-order valence-corrected chi connectivity index (χ3v) is 13.3. The Bertz CT molecular complexity index is 1450. The van der Waals surface area contributed by atoms with Crippen molar-refractivity contribution in [3.8, 4) is 0 Å². The topological polar surface area (TPSA) is 69.8 Å². The van der Waals surface area contributed by atoms with E-state index < -0.39 is 14.0 Å². The first-order valence-corrected chi connectivity index (χ1v) is 17.5. The molecule has 40 heavy (non-hydrogen) atoms. The van der Waals surface area contributed by atoms with E-state index in [0.717, 1.165) is 51.9 Å². The van der Waals surface area contributed by atoms with E-state index in [1.165, 1.54) is 10.4 Å². The number of aromatic carboxylic acids is 1. The van der Waals surface area contributed by atoms with Gasteiger partial charge in [-0.15, -0.1) is 0 Å². The summed E-state index contributed by atoms with van der Waals surface area (Å²) in [6, 6.07) is 15.0. The maximum Gasteiger partial charge on any atom is 0.336 e. The zero-order valence-electron chi connectivity index (χ0n) is 24.3. The van der Waals surface area contributed by atoms with E-state index in [0.29, 0.717) is 17.9 Å². The number of allylic oxidation sites excluding steroid dienone is 5. The highest BCUT2D eigenvalue weighted by atomic mass is 32.2. The number of thioether (sulfide) groups is 1. The fourth-order valence-electron chi connectivity index (χ4n) is 5.59. The van der Waals surface area contributed by atoms with Crippen molar-refractivity contribution in [3.05, 3.63) is 88.2 Å². The van der Waals surface area contributed by atoms with Crippen LogP contribution in [0.3, 0.4) is 0 Å². The molecule has 8 heteroatoms. The summed E-state index contributed by atoms with van der Waals surface area (Å²) in [5.74, 6) is 0.168. The second-order valence-electron chi connectivity index (χ2n) is 10.8. The summed E-state index contributed by atoms with van der Waals surface area (Å²) in [4.78, 5) is 26.3. The molecule has 0 saturated heterocycles. The molecule has 210 valence electrons. The Morgan fingerprint density at radius 3 is 2.50 bits per heavy atom. The number of rotatable bonds is 10. The number of nitrogens with zero attached hydrogens (tertiary/aromatic N) is 2. The summed E-state index contributed by atoms with van der Waals surface area (Å²) in [5, 5.41) is 12.8. The molecule has 4 rings (SSSR count). The van der Waals surface area contributed by atoms with Gasteiger partial charge in [-0.2, -0.15) is 11.8 Å². The quantitative estimate of drug-likeness (QED) is 0.186. The number of hydrogen-bond donors (Lipinski definition) is 1. The molecule has 0 aromatic heterocycles. The fraction of sp³-hybridized carbons (Fsp3) is 0.344. The van der Waals surface area contributed by atoms with Crippen LogP contribution < -0.4 is 10.1 Å². The smallest absolute Gasteiger partial charge is 0.336 e. The Kier molecular flexibility index (Phi) is 9.21. The van der Waals surface area contributed by atoms with Gasteiger partial charge < -0.3 is 14.7 Å². The van der Waals surface area contributed by atoms with Crippen molar-refractivity contribution in [1.29, 1.82) is 0 Å². The second-order valence-corrected chi connectivity index (χ2v) is 16.1. The predicted octanol–water partition coefficient (Wildman–Crippen LogP) is 4.99. The molecule has 2 aromatic carbocycles. The van der Waals surface area contributed by atoms with Crippen LogP contribution in [0.4, 0.5) is 5.69 Å². The maximum atomic E-state index is 12.3. The van der Waals surface area contributed by atoms with Gasteiger partial charge in [-0.05, 0) is 82.1 Å². The molecule has 1 N–H and O–H groups in total. The minimum Gasteiger partial charge on any atom is -0.478 e. The van der Waals surface area contributed by atoms with Gasteiger partial charge in [-0.1, -0.05) is 30.8 Å². The molecule has 2 aromatic rings. The predicted molar refractivity (Wildman–Crippen MR) is 169 cm³/mol. The van der Waals surface area contributed by atoms with E-state index in [4.69, 9.17) is 4.74 Å². The standard InChI is InChI=1S/C32H38N2O4SSi/c1-7-38-30(35)21-39-17-10-18-40(6)28-19-22(33(2)3)13-15-26(28)31(24-11-8-9-12-25(24)32(36)37)27-16-14-23(34(4)5)20-29(27)40/h8-9,11-16,19-20H,7,10,17-18,21H2,1-6H3/p+1. The Hall–Kier alpha value is -3.36. The normalized spacial score (nSPS) is 17.6. The van der Waals surface area contributed by atoms with Crippen molar-refractivity contribution in [2.75, 3.05) is 51.2 Å². The van der Waals surface area contributed by atoms with E-state index in [9.17, 15) is 14.7 Å². The molecular formula is C32H39N2O4SSi+. The van der Waals surface area contributed by atoms with Crippen LogP contribution in [-0.2, 0) is 9.53 Å². The summed E-state index contributed by atoms with van der Waals surface area (Å²) >= 11 is 1.63. The van der Waals surface area contributed by atoms with Gasteiger partial charge in [0.15, 0.2) is 5.71 Å². The van der Waals surface area contributed by atoms with Crippen LogP contribution in [0.1, 0.15) is 34.8 Å². The minimum absolute atomic E-state index is 0.160. The summed E-state index contributed by atoms with van der Waals surface area (Å²) in [6.07, 6.45) is 7.61. The lowest BCUT2D eigenvalue weighted by Gasteiger charge is -2.40. The highest BCUT2D eigenvalue weighted by Gasteiger charge is 2.43. The van der Waals surface area contributed by atoms with E-state index >= 15 is 0 Å². The third-order valence-electron chi connectivity index (χ3n) is 7.68. The number of carboxylic acid groups (broad SMARTS) is 1. The number of anilines is 1. The number of carbonyl (C=O) groups is 2. The number of carboxylic acids is 1. The van der Waals surface area contributed by atoms with Gasteiger partial charge >= 0.3 is 11.9 Å². The van der Waals surface area contributed by atoms with Gasteiger partial charge in [0.05, 0.1) is 17.9 Å². The zero-order chi connectivity index (χ0) is 29.0. The Labute approximate surface area is 242 Å². The van der Waals surface area contributed by atoms with E-state index in [-0.39, 0.29) is 5.97 Å². The molecule has 1 aliphatic carbocycles. The number of hydrogen-bond acceptors (Lipinski definition) is 5. The number of benzene rings is 2. The largest absolute Gasteiger partial charge is 0.478 e. The third kappa shape index (κ3) is 5.88. The number of ether oxygens (including phenoxy) is 1. The average Bonchev–Trinajstić information content (AvgIpc) is 2.93. The molecular weight excluding hydrogens is 537 g/mol. The van der Waals surface area contributed by atoms with Gasteiger partial charge in [-0.25, -0.2) is 9.37 Å². The van der Waals surface area contributed by atoms with E-state index in [1.807, 2.05) is 19.1 Å². The lowest BCUT2D eigenvalue weighted by atomic mass is 9.87. The zero-order valence-corrected chi connectivity index (χ0v) is 26.1. The van der Waals surface area contributed by atoms with Crippen molar-refractivity contribution in [2.45, 2.75) is 25.9 Å². The molecule has 0 radical (unpaired) electrons. The van der Waals surface area contributed by atoms with Crippen LogP contribution in [0, 0.1) is 0 Å². The highest BCUT2D eigenvalue weighted by molar-refractivity contribution is 7.99. The van der Waals surface area contributed by atoms with Crippen LogP contribution in [0.15, 0.2) is 71.5 Å². The average molecular weight is 576 g/mol. The number of esters is 1. The van der Waals surface area contributed by atoms with E-state index in [2.05, 4.69) is 80.6 Å². The first-order valence-electron chi connectivity index (χ1n) is 13.7. The van der Waals surface area contributed by atoms with E-state index in [1.54, 1.807) is 23.9 Å². The second kappa shape index (κ2) is 12.4. The van der Waals surface area contributed by atoms with Crippen LogP contribution in [-0.4, -0.2) is 81.7 Å². The number of carbonyl (C=O) groups excluding carboxylic acids is 1. The molecule has 0 fully saturated rings. The maximum absolute atomic E-state index is 12.3. The first-order chi connectivity index (χ1) is 19.1. The van der Waals surface area contributed by atoms with Gasteiger partial charge in [0.25, 0.3) is 0 Å². The van der Waals surface area contributed by atoms with Gasteiger partial charge in [0, 0.05) is 31.9 Å². The Morgan fingerprint density at radius 2 is 1.82 bits per heavy atom. The molecule has 2 aliphatic rings. The summed E-state index contributed by atoms with van der Waals surface area (Å²) < 4.78 is 7.22. The Morgan fingerprint density at radius 1 is 1.07 bits per heavy atom. The molecule has 0 spiro atoms. The molecule has 1 heterocycles. The molecule has 0 unspecified atom stereocenters. The molecule has 1 atom stereocenters. The van der Waals surface area contributed by atoms with Crippen molar-refractivity contribution in [3.63, 3.8) is 0 Å². The van der Waals surface area contributed by atoms with Crippen LogP contribution >= 0.6 is 11.8 Å². The van der Waals surface area contributed by atoms with Crippen LogP contribution in [0.2, 0.25) is 12.6 Å². The first kappa shape index (κ1) is 29.6. The lowest BCUT2D eigenvalue weighted by Crippen LogP contribution is -2.52. The van der Waals surface area contributed by atoms with Gasteiger partial charge in [0.2, 0.25) is 0 Å². The minimum atomic E-state index is -2.30. The molecule has 0 saturated carbocycles. The summed E-state index contributed by atoms with van der Waals surface area (Å²) in [5.41, 5.74) is 6.55. The highest BCUT2D eigenvalue weighted by Crippen LogP contribution is 2.44. The molecule has 0 amide bonds. The summed E-state index contributed by atoms with van der Waals surface area (Å²) in [7, 11) is 5.92. The van der Waals surface area contributed by atoms with Crippen molar-refractivity contribution < 1.29 is 24.0 Å². The van der Waals surface area contributed by atoms with Crippen LogP contribution in [0.25, 0.3) is 5.57 Å². The summed E-state index contributed by atoms with van der Waals surface area (Å²) in [6.45, 7) is 4.68. The van der Waals surface area contributed by atoms with Crippen molar-refractivity contribution in [1.82, 2.24) is 0 Å². The fourth-order valence-corrected chi connectivity index (χ4v) is 10.8. The lowest BCUT2D eigenvalue weighted by molar-refractivity contribution is -0.462. The van der Waals surface area contributed by atoms with Gasteiger partial charge in [-0.3, -0.25) is 4.79 Å².